The highest BCUT2D eigenvalue weighted by Gasteiger charge is 2.20. The minimum Gasteiger partial charge on any atom is -0.383 e. The number of nitrogens with one attached hydrogen (secondary N) is 1. The lowest BCUT2D eigenvalue weighted by Gasteiger charge is -2.18. The molecule has 1 aromatic rings. The van der Waals surface area contributed by atoms with E-state index in [1.807, 2.05) is 0 Å². The van der Waals surface area contributed by atoms with Gasteiger partial charge in [0.1, 0.15) is 17.7 Å². The van der Waals surface area contributed by atoms with Crippen molar-refractivity contribution in [1.29, 1.82) is 0 Å². The quantitative estimate of drug-likeness (QED) is 0.831. The maximum Gasteiger partial charge on any atom is 0.239 e. The van der Waals surface area contributed by atoms with E-state index in [4.69, 9.17) is 10.5 Å². The second kappa shape index (κ2) is 6.42. The molecule has 0 aliphatic heterocycles. The van der Waals surface area contributed by atoms with Gasteiger partial charge in [-0.25, -0.2) is 8.78 Å². The van der Waals surface area contributed by atoms with E-state index in [0.717, 1.165) is 12.1 Å². The maximum atomic E-state index is 13.5. The molecule has 2 unspecified atom stereocenters. The van der Waals surface area contributed by atoms with Crippen molar-refractivity contribution in [2.45, 2.75) is 19.0 Å². The molecule has 0 saturated carbocycles. The number of ether oxygens (including phenoxy) is 1. The van der Waals surface area contributed by atoms with Crippen LogP contribution < -0.4 is 11.1 Å². The zero-order chi connectivity index (χ0) is 13.7. The minimum absolute atomic E-state index is 0.0400. The summed E-state index contributed by atoms with van der Waals surface area (Å²) in [4.78, 5) is 11.6. The summed E-state index contributed by atoms with van der Waals surface area (Å²) < 4.78 is 31.6. The number of rotatable bonds is 5. The van der Waals surface area contributed by atoms with Gasteiger partial charge in [0, 0.05) is 12.7 Å². The monoisotopic (exact) mass is 258 g/mol. The van der Waals surface area contributed by atoms with Crippen LogP contribution >= 0.6 is 0 Å². The van der Waals surface area contributed by atoms with Gasteiger partial charge in [0.2, 0.25) is 5.91 Å². The van der Waals surface area contributed by atoms with Gasteiger partial charge in [-0.1, -0.05) is 6.07 Å². The Morgan fingerprint density at radius 2 is 2.00 bits per heavy atom. The van der Waals surface area contributed by atoms with E-state index >= 15 is 0 Å². The molecule has 6 heteroatoms. The predicted octanol–water partition coefficient (Wildman–Crippen LogP) is 1.12. The van der Waals surface area contributed by atoms with Gasteiger partial charge in [-0.15, -0.1) is 0 Å². The molecule has 0 aliphatic rings. The first-order chi connectivity index (χ1) is 8.47. The number of hydrogen-bond donors (Lipinski definition) is 2. The molecule has 1 amide bonds. The van der Waals surface area contributed by atoms with Crippen molar-refractivity contribution in [2.24, 2.45) is 5.73 Å². The summed E-state index contributed by atoms with van der Waals surface area (Å²) in [7, 11) is 1.41. The number of amides is 1. The van der Waals surface area contributed by atoms with Crippen molar-refractivity contribution in [3.05, 3.63) is 35.4 Å². The molecular weight excluding hydrogens is 242 g/mol. The van der Waals surface area contributed by atoms with E-state index in [2.05, 4.69) is 5.32 Å². The number of hydrogen-bond acceptors (Lipinski definition) is 3. The molecule has 4 nitrogen and oxygen atoms in total. The molecule has 2 atom stereocenters. The average Bonchev–Trinajstić information content (AvgIpc) is 2.28. The summed E-state index contributed by atoms with van der Waals surface area (Å²) in [6.07, 6.45) is 0. The number of benzene rings is 1. The van der Waals surface area contributed by atoms with E-state index in [1.165, 1.54) is 20.1 Å². The first-order valence-corrected chi connectivity index (χ1v) is 5.46. The lowest BCUT2D eigenvalue weighted by atomic mass is 10.1. The normalized spacial score (nSPS) is 14.1. The van der Waals surface area contributed by atoms with Crippen LogP contribution in [0.3, 0.4) is 0 Å². The Morgan fingerprint density at radius 3 is 2.50 bits per heavy atom. The first-order valence-electron chi connectivity index (χ1n) is 5.46. The van der Waals surface area contributed by atoms with E-state index < -0.39 is 29.6 Å². The highest BCUT2D eigenvalue weighted by Crippen LogP contribution is 2.20. The molecule has 0 aliphatic carbocycles. The fraction of sp³-hybridized carbons (Fsp3) is 0.417. The Hall–Kier alpha value is -1.53. The van der Waals surface area contributed by atoms with Crippen LogP contribution in [0, 0.1) is 11.6 Å². The van der Waals surface area contributed by atoms with Crippen molar-refractivity contribution in [3.8, 4) is 0 Å². The Morgan fingerprint density at radius 1 is 1.44 bits per heavy atom. The van der Waals surface area contributed by atoms with Crippen molar-refractivity contribution >= 4 is 5.91 Å². The van der Waals surface area contributed by atoms with Gasteiger partial charge in [0.15, 0.2) is 0 Å². The van der Waals surface area contributed by atoms with Crippen molar-refractivity contribution < 1.29 is 18.3 Å². The fourth-order valence-electron chi connectivity index (χ4n) is 1.57. The van der Waals surface area contributed by atoms with Crippen LogP contribution in [0.1, 0.15) is 18.5 Å². The first kappa shape index (κ1) is 14.5. The summed E-state index contributed by atoms with van der Waals surface area (Å²) in [6, 6.07) is 1.86. The molecule has 0 aromatic heterocycles. The number of carbonyl (C=O) groups is 1. The molecule has 0 spiro atoms. The molecular formula is C12H16F2N2O2. The third-order valence-electron chi connectivity index (χ3n) is 2.47. The molecule has 0 heterocycles. The Bertz CT molecular complexity index is 406. The van der Waals surface area contributed by atoms with E-state index in [1.54, 1.807) is 0 Å². The Balaban J connectivity index is 2.76. The van der Waals surface area contributed by atoms with Crippen LogP contribution in [0.2, 0.25) is 0 Å². The Kier molecular flexibility index (Phi) is 5.18. The lowest BCUT2D eigenvalue weighted by molar-refractivity contribution is -0.124. The molecule has 0 fully saturated rings. The van der Waals surface area contributed by atoms with Gasteiger partial charge >= 0.3 is 0 Å². The largest absolute Gasteiger partial charge is 0.383 e. The Labute approximate surface area is 104 Å². The highest BCUT2D eigenvalue weighted by atomic mass is 19.1. The molecule has 0 radical (unpaired) electrons. The zero-order valence-corrected chi connectivity index (χ0v) is 10.2. The van der Waals surface area contributed by atoms with Crippen molar-refractivity contribution in [2.75, 3.05) is 13.7 Å². The molecule has 18 heavy (non-hydrogen) atoms. The molecule has 1 aromatic carbocycles. The number of carbonyl (C=O) groups excluding carboxylic acids is 1. The van der Waals surface area contributed by atoms with Crippen LogP contribution in [0.25, 0.3) is 0 Å². The number of nitrogens with two attached hydrogens (primary N) is 1. The van der Waals surface area contributed by atoms with E-state index in [0.29, 0.717) is 0 Å². The molecule has 3 N–H and O–H groups in total. The van der Waals surface area contributed by atoms with Gasteiger partial charge in [0.05, 0.1) is 12.6 Å². The number of halogens is 2. The number of methoxy groups -OCH3 is 1. The van der Waals surface area contributed by atoms with Crippen LogP contribution in [0.5, 0.6) is 0 Å². The average molecular weight is 258 g/mol. The van der Waals surface area contributed by atoms with Crippen LogP contribution in [-0.4, -0.2) is 25.7 Å². The third kappa shape index (κ3) is 3.48. The van der Waals surface area contributed by atoms with Crippen molar-refractivity contribution in [1.82, 2.24) is 5.32 Å². The SMILES string of the molecule is COCC(N)C(=O)NC(C)c1c(F)cccc1F. The zero-order valence-electron chi connectivity index (χ0n) is 10.2. The topological polar surface area (TPSA) is 64.3 Å². The van der Waals surface area contributed by atoms with Gasteiger partial charge < -0.3 is 15.8 Å². The third-order valence-corrected chi connectivity index (χ3v) is 2.47. The highest BCUT2D eigenvalue weighted by molar-refractivity contribution is 5.82. The van der Waals surface area contributed by atoms with Gasteiger partial charge in [0.25, 0.3) is 0 Å². The second-order valence-electron chi connectivity index (χ2n) is 3.93. The summed E-state index contributed by atoms with van der Waals surface area (Å²) in [5.41, 5.74) is 5.32. The molecule has 100 valence electrons. The summed E-state index contributed by atoms with van der Waals surface area (Å²) >= 11 is 0. The van der Waals surface area contributed by atoms with Gasteiger partial charge in [-0.2, -0.15) is 0 Å². The molecule has 0 bridgehead atoms. The predicted molar refractivity (Wildman–Crippen MR) is 62.8 cm³/mol. The minimum atomic E-state index is -0.868. The van der Waals surface area contributed by atoms with Gasteiger partial charge in [-0.05, 0) is 19.1 Å². The van der Waals surface area contributed by atoms with E-state index in [-0.39, 0.29) is 12.2 Å². The van der Waals surface area contributed by atoms with Crippen LogP contribution in [-0.2, 0) is 9.53 Å². The van der Waals surface area contributed by atoms with Gasteiger partial charge in [-0.3, -0.25) is 4.79 Å². The standard InChI is InChI=1S/C12H16F2N2O2/c1-7(16-12(17)10(15)6-18-2)11-8(13)4-3-5-9(11)14/h3-5,7,10H,6,15H2,1-2H3,(H,16,17). The molecule has 0 saturated heterocycles. The molecule has 1 rings (SSSR count). The smallest absolute Gasteiger partial charge is 0.239 e. The summed E-state index contributed by atoms with van der Waals surface area (Å²) in [5, 5.41) is 2.44. The van der Waals surface area contributed by atoms with Crippen LogP contribution in [0.4, 0.5) is 8.78 Å². The lowest BCUT2D eigenvalue weighted by Crippen LogP contribution is -2.44. The second-order valence-corrected chi connectivity index (χ2v) is 3.93. The van der Waals surface area contributed by atoms with Crippen molar-refractivity contribution in [3.63, 3.8) is 0 Å². The summed E-state index contributed by atoms with van der Waals surface area (Å²) in [5.74, 6) is -1.93. The maximum absolute atomic E-state index is 13.5. The van der Waals surface area contributed by atoms with E-state index in [9.17, 15) is 13.6 Å². The fourth-order valence-corrected chi connectivity index (χ4v) is 1.57. The van der Waals surface area contributed by atoms with Crippen LogP contribution in [0.15, 0.2) is 18.2 Å². The summed E-state index contributed by atoms with van der Waals surface area (Å²) in [6.45, 7) is 1.53.